The highest BCUT2D eigenvalue weighted by atomic mass is 19.3. The molecular formula is C7H12F2N2O2. The van der Waals surface area contributed by atoms with Crippen LogP contribution in [0.25, 0.3) is 0 Å². The summed E-state index contributed by atoms with van der Waals surface area (Å²) in [5, 5.41) is 8.75. The second-order valence-corrected chi connectivity index (χ2v) is 3.12. The summed E-state index contributed by atoms with van der Waals surface area (Å²) in [7, 11) is 0. The van der Waals surface area contributed by atoms with Crippen LogP contribution in [0.5, 0.6) is 0 Å². The maximum atomic E-state index is 12.8. The second kappa shape index (κ2) is 3.55. The van der Waals surface area contributed by atoms with Crippen LogP contribution >= 0.6 is 0 Å². The van der Waals surface area contributed by atoms with Gasteiger partial charge < -0.3 is 15.7 Å². The molecule has 1 aliphatic heterocycles. The Morgan fingerprint density at radius 3 is 2.77 bits per heavy atom. The van der Waals surface area contributed by atoms with Gasteiger partial charge in [-0.2, -0.15) is 0 Å². The van der Waals surface area contributed by atoms with E-state index in [-0.39, 0.29) is 6.54 Å². The van der Waals surface area contributed by atoms with E-state index < -0.39 is 37.4 Å². The standard InChI is InChI=1S/C7H12F2N2O2/c8-7(9)1-5(3-12)11(4-7)6(13)2-10/h5,12H,1-4,10H2/t5-/m1/s1. The fourth-order valence-corrected chi connectivity index (χ4v) is 1.47. The van der Waals surface area contributed by atoms with Crippen molar-refractivity contribution in [2.75, 3.05) is 19.7 Å². The Bertz CT molecular complexity index is 211. The third-order valence-corrected chi connectivity index (χ3v) is 2.08. The van der Waals surface area contributed by atoms with Crippen molar-refractivity contribution in [3.63, 3.8) is 0 Å². The van der Waals surface area contributed by atoms with Gasteiger partial charge in [0.15, 0.2) is 0 Å². The van der Waals surface area contributed by atoms with Crippen LogP contribution < -0.4 is 5.73 Å². The van der Waals surface area contributed by atoms with Gasteiger partial charge in [0.05, 0.1) is 25.7 Å². The third kappa shape index (κ3) is 2.13. The van der Waals surface area contributed by atoms with Crippen molar-refractivity contribution >= 4 is 5.91 Å². The van der Waals surface area contributed by atoms with Gasteiger partial charge in [0, 0.05) is 6.42 Å². The summed E-state index contributed by atoms with van der Waals surface area (Å²) in [6.07, 6.45) is -0.477. The zero-order chi connectivity index (χ0) is 10.1. The van der Waals surface area contributed by atoms with Crippen molar-refractivity contribution in [3.8, 4) is 0 Å². The maximum Gasteiger partial charge on any atom is 0.267 e. The van der Waals surface area contributed by atoms with Gasteiger partial charge in [-0.05, 0) is 0 Å². The molecule has 1 saturated heterocycles. The monoisotopic (exact) mass is 194 g/mol. The lowest BCUT2D eigenvalue weighted by Gasteiger charge is -2.21. The number of nitrogens with zero attached hydrogens (tertiary/aromatic N) is 1. The summed E-state index contributed by atoms with van der Waals surface area (Å²) >= 11 is 0. The molecule has 0 spiro atoms. The SMILES string of the molecule is NCC(=O)N1CC(F)(F)C[C@@H]1CO. The molecule has 4 nitrogen and oxygen atoms in total. The summed E-state index contributed by atoms with van der Waals surface area (Å²) < 4.78 is 25.6. The van der Waals surface area contributed by atoms with Crippen LogP contribution in [0.2, 0.25) is 0 Å². The number of nitrogens with two attached hydrogens (primary N) is 1. The molecule has 76 valence electrons. The molecule has 0 unspecified atom stereocenters. The van der Waals surface area contributed by atoms with Crippen LogP contribution in [0.4, 0.5) is 8.78 Å². The Hall–Kier alpha value is -0.750. The molecule has 1 rings (SSSR count). The Labute approximate surface area is 74.3 Å². The number of hydrogen-bond donors (Lipinski definition) is 2. The molecule has 0 aromatic carbocycles. The molecule has 0 aromatic rings. The zero-order valence-corrected chi connectivity index (χ0v) is 7.04. The quantitative estimate of drug-likeness (QED) is 0.603. The number of amides is 1. The van der Waals surface area contributed by atoms with Crippen LogP contribution in [0, 0.1) is 0 Å². The van der Waals surface area contributed by atoms with Gasteiger partial charge in [-0.15, -0.1) is 0 Å². The largest absolute Gasteiger partial charge is 0.394 e. The molecule has 0 bridgehead atoms. The van der Waals surface area contributed by atoms with E-state index in [9.17, 15) is 13.6 Å². The third-order valence-electron chi connectivity index (χ3n) is 2.08. The van der Waals surface area contributed by atoms with E-state index in [0.717, 1.165) is 4.90 Å². The lowest BCUT2D eigenvalue weighted by Crippen LogP contribution is -2.41. The molecule has 0 aromatic heterocycles. The molecule has 0 radical (unpaired) electrons. The Morgan fingerprint density at radius 2 is 2.31 bits per heavy atom. The molecule has 1 fully saturated rings. The molecule has 1 aliphatic rings. The zero-order valence-electron chi connectivity index (χ0n) is 7.04. The topological polar surface area (TPSA) is 66.6 Å². The Balaban J connectivity index is 2.69. The van der Waals surface area contributed by atoms with E-state index in [1.165, 1.54) is 0 Å². The fraction of sp³-hybridized carbons (Fsp3) is 0.857. The minimum atomic E-state index is -2.89. The van der Waals surface area contributed by atoms with Gasteiger partial charge in [-0.25, -0.2) is 8.78 Å². The molecule has 1 amide bonds. The maximum absolute atomic E-state index is 12.8. The van der Waals surface area contributed by atoms with Crippen molar-refractivity contribution in [1.29, 1.82) is 0 Å². The first-order chi connectivity index (χ1) is 6.00. The summed E-state index contributed by atoms with van der Waals surface area (Å²) in [5.41, 5.74) is 5.04. The Kier molecular flexibility index (Phi) is 2.82. The minimum absolute atomic E-state index is 0.299. The van der Waals surface area contributed by atoms with Gasteiger partial charge in [-0.1, -0.05) is 0 Å². The van der Waals surface area contributed by atoms with Crippen LogP contribution in [0.1, 0.15) is 6.42 Å². The number of hydrogen-bond acceptors (Lipinski definition) is 3. The lowest BCUT2D eigenvalue weighted by atomic mass is 10.2. The molecule has 0 saturated carbocycles. The smallest absolute Gasteiger partial charge is 0.267 e. The number of rotatable bonds is 2. The highest BCUT2D eigenvalue weighted by molar-refractivity contribution is 5.78. The first kappa shape index (κ1) is 10.3. The van der Waals surface area contributed by atoms with Crippen molar-refractivity contribution in [2.45, 2.75) is 18.4 Å². The van der Waals surface area contributed by atoms with E-state index in [2.05, 4.69) is 0 Å². The molecule has 0 aliphatic carbocycles. The van der Waals surface area contributed by atoms with Crippen LogP contribution in [-0.2, 0) is 4.79 Å². The van der Waals surface area contributed by atoms with Gasteiger partial charge in [0.2, 0.25) is 5.91 Å². The van der Waals surface area contributed by atoms with Crippen LogP contribution in [0.15, 0.2) is 0 Å². The molecular weight excluding hydrogens is 182 g/mol. The average molecular weight is 194 g/mol. The second-order valence-electron chi connectivity index (χ2n) is 3.12. The summed E-state index contributed by atoms with van der Waals surface area (Å²) in [5.74, 6) is -3.44. The van der Waals surface area contributed by atoms with Crippen LogP contribution in [0.3, 0.4) is 0 Å². The first-order valence-corrected chi connectivity index (χ1v) is 3.98. The summed E-state index contributed by atoms with van der Waals surface area (Å²) in [4.78, 5) is 12.0. The number of aliphatic hydroxyl groups excluding tert-OH is 1. The molecule has 3 N–H and O–H groups in total. The number of aliphatic hydroxyl groups is 1. The minimum Gasteiger partial charge on any atom is -0.394 e. The van der Waals surface area contributed by atoms with Crippen molar-refractivity contribution in [3.05, 3.63) is 0 Å². The van der Waals surface area contributed by atoms with E-state index in [1.54, 1.807) is 0 Å². The Morgan fingerprint density at radius 1 is 1.69 bits per heavy atom. The van der Waals surface area contributed by atoms with Gasteiger partial charge in [0.1, 0.15) is 0 Å². The fourth-order valence-electron chi connectivity index (χ4n) is 1.47. The van der Waals surface area contributed by atoms with Crippen molar-refractivity contribution in [1.82, 2.24) is 4.90 Å². The average Bonchev–Trinajstić information content (AvgIpc) is 2.39. The lowest BCUT2D eigenvalue weighted by molar-refractivity contribution is -0.132. The van der Waals surface area contributed by atoms with Gasteiger partial charge in [0.25, 0.3) is 5.92 Å². The summed E-state index contributed by atoms with van der Waals surface area (Å²) in [6.45, 7) is -1.37. The molecule has 1 heterocycles. The van der Waals surface area contributed by atoms with Gasteiger partial charge in [-0.3, -0.25) is 4.79 Å². The van der Waals surface area contributed by atoms with E-state index >= 15 is 0 Å². The van der Waals surface area contributed by atoms with Crippen LogP contribution in [-0.4, -0.2) is 47.6 Å². The number of carbonyl (C=O) groups is 1. The summed E-state index contributed by atoms with van der Waals surface area (Å²) in [6, 6.07) is -0.786. The van der Waals surface area contributed by atoms with Crippen molar-refractivity contribution < 1.29 is 18.7 Å². The molecule has 1 atom stereocenters. The number of halogens is 2. The van der Waals surface area contributed by atoms with E-state index in [4.69, 9.17) is 10.8 Å². The number of alkyl halides is 2. The highest BCUT2D eigenvalue weighted by Crippen LogP contribution is 2.31. The highest BCUT2D eigenvalue weighted by Gasteiger charge is 2.46. The predicted molar refractivity (Wildman–Crippen MR) is 41.2 cm³/mol. The predicted octanol–water partition coefficient (Wildman–Crippen LogP) is -0.826. The first-order valence-electron chi connectivity index (χ1n) is 3.98. The normalized spacial score (nSPS) is 26.5. The molecule has 6 heteroatoms. The molecule has 13 heavy (non-hydrogen) atoms. The van der Waals surface area contributed by atoms with Gasteiger partial charge >= 0.3 is 0 Å². The van der Waals surface area contributed by atoms with Crippen molar-refractivity contribution in [2.24, 2.45) is 5.73 Å². The van der Waals surface area contributed by atoms with E-state index in [1.807, 2.05) is 0 Å². The van der Waals surface area contributed by atoms with E-state index in [0.29, 0.717) is 0 Å². The number of likely N-dealkylation sites (tertiary alicyclic amines) is 1. The number of carbonyl (C=O) groups excluding carboxylic acids is 1.